The SMILES string of the molecule is CN(C)CCNC(=O)CC1COCCN1.Cl. The maximum atomic E-state index is 11.5. The standard InChI is InChI=1S/C10H21N3O2.ClH/c1-13(2)5-3-12-10(14)7-9-8-15-6-4-11-9;/h9,11H,3-8H2,1-2H3,(H,12,14);1H. The first-order valence-electron chi connectivity index (χ1n) is 5.41. The van der Waals surface area contributed by atoms with Crippen molar-refractivity contribution in [2.45, 2.75) is 12.5 Å². The van der Waals surface area contributed by atoms with Crippen LogP contribution in [0.15, 0.2) is 0 Å². The molecule has 0 saturated carbocycles. The Morgan fingerprint density at radius 2 is 2.31 bits per heavy atom. The van der Waals surface area contributed by atoms with E-state index in [2.05, 4.69) is 10.6 Å². The number of carbonyl (C=O) groups excluding carboxylic acids is 1. The molecule has 1 heterocycles. The molecule has 1 atom stereocenters. The summed E-state index contributed by atoms with van der Waals surface area (Å²) < 4.78 is 5.27. The van der Waals surface area contributed by atoms with Gasteiger partial charge in [-0.05, 0) is 14.1 Å². The molecule has 0 spiro atoms. The summed E-state index contributed by atoms with van der Waals surface area (Å²) in [5, 5.41) is 6.14. The maximum Gasteiger partial charge on any atom is 0.221 e. The molecule has 0 aromatic heterocycles. The fourth-order valence-corrected chi connectivity index (χ4v) is 1.47. The van der Waals surface area contributed by atoms with Gasteiger partial charge in [-0.25, -0.2) is 0 Å². The fraction of sp³-hybridized carbons (Fsp3) is 0.900. The number of halogens is 1. The number of nitrogens with zero attached hydrogens (tertiary/aromatic N) is 1. The quantitative estimate of drug-likeness (QED) is 0.690. The Hall–Kier alpha value is -0.360. The van der Waals surface area contributed by atoms with Crippen LogP contribution in [0.3, 0.4) is 0 Å². The summed E-state index contributed by atoms with van der Waals surface area (Å²) in [7, 11) is 3.98. The highest BCUT2D eigenvalue weighted by atomic mass is 35.5. The minimum absolute atomic E-state index is 0. The second kappa shape index (κ2) is 8.75. The lowest BCUT2D eigenvalue weighted by Crippen LogP contribution is -2.44. The van der Waals surface area contributed by atoms with Crippen molar-refractivity contribution < 1.29 is 9.53 Å². The van der Waals surface area contributed by atoms with E-state index >= 15 is 0 Å². The zero-order valence-electron chi connectivity index (χ0n) is 9.99. The van der Waals surface area contributed by atoms with Crippen LogP contribution in [0, 0.1) is 0 Å². The Bertz CT molecular complexity index is 197. The molecule has 1 unspecified atom stereocenters. The molecular weight excluding hydrogens is 230 g/mol. The van der Waals surface area contributed by atoms with E-state index in [0.29, 0.717) is 19.6 Å². The maximum absolute atomic E-state index is 11.5. The molecule has 0 aromatic rings. The summed E-state index contributed by atoms with van der Waals surface area (Å²) in [6.07, 6.45) is 0.507. The van der Waals surface area contributed by atoms with E-state index in [4.69, 9.17) is 4.74 Å². The molecular formula is C10H22ClN3O2. The van der Waals surface area contributed by atoms with Crippen LogP contribution in [0.5, 0.6) is 0 Å². The summed E-state index contributed by atoms with van der Waals surface area (Å²) in [5.74, 6) is 0.0971. The van der Waals surface area contributed by atoms with Gasteiger partial charge in [-0.15, -0.1) is 12.4 Å². The van der Waals surface area contributed by atoms with Gasteiger partial charge in [0.15, 0.2) is 0 Å². The average Bonchev–Trinajstić information content (AvgIpc) is 2.18. The van der Waals surface area contributed by atoms with E-state index in [1.54, 1.807) is 0 Å². The van der Waals surface area contributed by atoms with Crippen LogP contribution in [-0.4, -0.2) is 63.8 Å². The zero-order valence-corrected chi connectivity index (χ0v) is 10.8. The molecule has 1 amide bonds. The van der Waals surface area contributed by atoms with Gasteiger partial charge in [0.2, 0.25) is 5.91 Å². The van der Waals surface area contributed by atoms with Gasteiger partial charge >= 0.3 is 0 Å². The number of morpholine rings is 1. The highest BCUT2D eigenvalue weighted by Gasteiger charge is 2.16. The van der Waals surface area contributed by atoms with E-state index in [9.17, 15) is 4.79 Å². The van der Waals surface area contributed by atoms with Gasteiger partial charge in [-0.3, -0.25) is 4.79 Å². The Kier molecular flexibility index (Phi) is 8.56. The Labute approximate surface area is 103 Å². The first kappa shape index (κ1) is 15.6. The number of hydrogen-bond donors (Lipinski definition) is 2. The fourth-order valence-electron chi connectivity index (χ4n) is 1.47. The lowest BCUT2D eigenvalue weighted by atomic mass is 10.2. The largest absolute Gasteiger partial charge is 0.378 e. The minimum atomic E-state index is 0. The van der Waals surface area contributed by atoms with Gasteiger partial charge in [-0.1, -0.05) is 0 Å². The molecule has 2 N–H and O–H groups in total. The second-order valence-corrected chi connectivity index (χ2v) is 4.08. The number of likely N-dealkylation sites (N-methyl/N-ethyl adjacent to an activating group) is 1. The summed E-state index contributed by atoms with van der Waals surface area (Å²) in [4.78, 5) is 13.5. The molecule has 96 valence electrons. The Morgan fingerprint density at radius 3 is 2.88 bits per heavy atom. The summed E-state index contributed by atoms with van der Waals surface area (Å²) in [6.45, 7) is 3.81. The van der Waals surface area contributed by atoms with Crippen molar-refractivity contribution in [3.63, 3.8) is 0 Å². The molecule has 16 heavy (non-hydrogen) atoms. The van der Waals surface area contributed by atoms with Gasteiger partial charge in [0, 0.05) is 32.1 Å². The monoisotopic (exact) mass is 251 g/mol. The third-order valence-corrected chi connectivity index (χ3v) is 2.31. The molecule has 1 aliphatic rings. The molecule has 0 bridgehead atoms. The van der Waals surface area contributed by atoms with Crippen LogP contribution >= 0.6 is 12.4 Å². The van der Waals surface area contributed by atoms with Crippen molar-refractivity contribution in [3.8, 4) is 0 Å². The first-order chi connectivity index (χ1) is 7.18. The third kappa shape index (κ3) is 7.00. The van der Waals surface area contributed by atoms with E-state index in [1.165, 1.54) is 0 Å². The number of carbonyl (C=O) groups is 1. The molecule has 1 aliphatic heterocycles. The van der Waals surface area contributed by atoms with Crippen molar-refractivity contribution in [2.75, 3.05) is 46.9 Å². The molecule has 1 rings (SSSR count). The molecule has 0 aliphatic carbocycles. The topological polar surface area (TPSA) is 53.6 Å². The molecule has 0 radical (unpaired) electrons. The van der Waals surface area contributed by atoms with Crippen molar-refractivity contribution in [3.05, 3.63) is 0 Å². The minimum Gasteiger partial charge on any atom is -0.378 e. The van der Waals surface area contributed by atoms with E-state index in [0.717, 1.165) is 19.7 Å². The number of ether oxygens (including phenoxy) is 1. The highest BCUT2D eigenvalue weighted by molar-refractivity contribution is 5.85. The lowest BCUT2D eigenvalue weighted by molar-refractivity contribution is -0.122. The van der Waals surface area contributed by atoms with Crippen molar-refractivity contribution >= 4 is 18.3 Å². The van der Waals surface area contributed by atoms with Crippen LogP contribution in [0.2, 0.25) is 0 Å². The molecule has 0 aromatic carbocycles. The second-order valence-electron chi connectivity index (χ2n) is 4.08. The Balaban J connectivity index is 0.00000225. The smallest absolute Gasteiger partial charge is 0.221 e. The predicted octanol–water partition coefficient (Wildman–Crippen LogP) is -0.535. The number of rotatable bonds is 5. The van der Waals surface area contributed by atoms with Gasteiger partial charge in [0.1, 0.15) is 0 Å². The molecule has 1 saturated heterocycles. The van der Waals surface area contributed by atoms with E-state index in [1.807, 2.05) is 19.0 Å². The summed E-state index contributed by atoms with van der Waals surface area (Å²) >= 11 is 0. The number of hydrogen-bond acceptors (Lipinski definition) is 4. The van der Waals surface area contributed by atoms with Crippen molar-refractivity contribution in [1.29, 1.82) is 0 Å². The van der Waals surface area contributed by atoms with Gasteiger partial charge in [-0.2, -0.15) is 0 Å². The van der Waals surface area contributed by atoms with Crippen LogP contribution < -0.4 is 10.6 Å². The van der Waals surface area contributed by atoms with Crippen molar-refractivity contribution in [1.82, 2.24) is 15.5 Å². The normalized spacial score (nSPS) is 20.3. The van der Waals surface area contributed by atoms with Crippen molar-refractivity contribution in [2.24, 2.45) is 0 Å². The molecule has 6 heteroatoms. The van der Waals surface area contributed by atoms with Gasteiger partial charge < -0.3 is 20.3 Å². The number of amides is 1. The third-order valence-electron chi connectivity index (χ3n) is 2.31. The van der Waals surface area contributed by atoms with Crippen LogP contribution in [0.4, 0.5) is 0 Å². The molecule has 5 nitrogen and oxygen atoms in total. The van der Waals surface area contributed by atoms with Gasteiger partial charge in [0.25, 0.3) is 0 Å². The van der Waals surface area contributed by atoms with Crippen LogP contribution in [0.1, 0.15) is 6.42 Å². The highest BCUT2D eigenvalue weighted by Crippen LogP contribution is 1.97. The summed E-state index contributed by atoms with van der Waals surface area (Å²) in [5.41, 5.74) is 0. The van der Waals surface area contributed by atoms with E-state index in [-0.39, 0.29) is 24.4 Å². The lowest BCUT2D eigenvalue weighted by Gasteiger charge is -2.23. The van der Waals surface area contributed by atoms with E-state index < -0.39 is 0 Å². The molecule has 1 fully saturated rings. The summed E-state index contributed by atoms with van der Waals surface area (Å²) in [6, 6.07) is 0.179. The zero-order chi connectivity index (χ0) is 11.1. The van der Waals surface area contributed by atoms with Gasteiger partial charge in [0.05, 0.1) is 13.2 Å². The first-order valence-corrected chi connectivity index (χ1v) is 5.41. The van der Waals surface area contributed by atoms with Crippen LogP contribution in [0.25, 0.3) is 0 Å². The Morgan fingerprint density at radius 1 is 1.56 bits per heavy atom. The van der Waals surface area contributed by atoms with Crippen LogP contribution in [-0.2, 0) is 9.53 Å². The predicted molar refractivity (Wildman–Crippen MR) is 66.0 cm³/mol. The number of nitrogens with one attached hydrogen (secondary N) is 2. The average molecular weight is 252 g/mol.